The highest BCUT2D eigenvalue weighted by atomic mass is 16.2. The molecule has 2 rings (SSSR count). The Hall–Kier alpha value is -3.95. The Morgan fingerprint density at radius 3 is 1.87 bits per heavy atom. The summed E-state index contributed by atoms with van der Waals surface area (Å²) >= 11 is 0. The first-order chi connectivity index (χ1) is 14.3. The normalized spacial score (nSPS) is 10.4. The van der Waals surface area contributed by atoms with Gasteiger partial charge in [-0.3, -0.25) is 9.59 Å². The first-order valence-corrected chi connectivity index (χ1v) is 9.11. The van der Waals surface area contributed by atoms with Crippen LogP contribution in [0.1, 0.15) is 6.42 Å². The molecule has 1 aromatic carbocycles. The van der Waals surface area contributed by atoms with Crippen LogP contribution in [0.25, 0.3) is 0 Å². The third-order valence-electron chi connectivity index (χ3n) is 4.25. The third kappa shape index (κ3) is 4.90. The average Bonchev–Trinajstić information content (AvgIpc) is 2.72. The first-order valence-electron chi connectivity index (χ1n) is 9.11. The monoisotopic (exact) mass is 413 g/mol. The van der Waals surface area contributed by atoms with E-state index >= 15 is 0 Å². The van der Waals surface area contributed by atoms with E-state index in [1.54, 1.807) is 30.3 Å². The lowest BCUT2D eigenvalue weighted by Gasteiger charge is -2.23. The molecule has 158 valence electrons. The van der Waals surface area contributed by atoms with Crippen molar-refractivity contribution in [2.75, 3.05) is 11.4 Å². The number of nitrogens with zero attached hydrogens (tertiary/aromatic N) is 4. The smallest absolute Gasteiger partial charge is 0.337 e. The van der Waals surface area contributed by atoms with Crippen LogP contribution in [0.5, 0.6) is 0 Å². The van der Waals surface area contributed by atoms with Gasteiger partial charge in [-0.2, -0.15) is 0 Å². The van der Waals surface area contributed by atoms with Gasteiger partial charge in [-0.15, -0.1) is 13.2 Å². The molecule has 2 aromatic rings. The Morgan fingerprint density at radius 2 is 1.40 bits per heavy atom. The Morgan fingerprint density at radius 1 is 0.900 bits per heavy atom. The first kappa shape index (κ1) is 22.3. The van der Waals surface area contributed by atoms with Crippen molar-refractivity contribution < 1.29 is 9.59 Å². The highest BCUT2D eigenvalue weighted by molar-refractivity contribution is 5.93. The Labute approximate surface area is 171 Å². The van der Waals surface area contributed by atoms with E-state index in [2.05, 4.69) is 13.2 Å². The van der Waals surface area contributed by atoms with Crippen LogP contribution in [0.3, 0.4) is 0 Å². The standard InChI is InChI=1S/C20H23N5O5/c1-3-11-23-18(28)24(12-4-2)20(30)25(19(23)29)14-17(27)22(13-10-16(21)26)15-8-6-5-7-9-15/h3-9H,1-2,10-14H2,(H2,21,26). The summed E-state index contributed by atoms with van der Waals surface area (Å²) in [5.41, 5.74) is 3.00. The summed E-state index contributed by atoms with van der Waals surface area (Å²) < 4.78 is 2.29. The van der Waals surface area contributed by atoms with E-state index in [1.807, 2.05) is 0 Å². The third-order valence-corrected chi connectivity index (χ3v) is 4.25. The van der Waals surface area contributed by atoms with Crippen LogP contribution in [-0.2, 0) is 29.2 Å². The molecule has 10 nitrogen and oxygen atoms in total. The number of anilines is 1. The maximum atomic E-state index is 13.0. The van der Waals surface area contributed by atoms with Crippen LogP contribution < -0.4 is 27.7 Å². The molecule has 0 aliphatic carbocycles. The highest BCUT2D eigenvalue weighted by Crippen LogP contribution is 2.14. The second-order valence-corrected chi connectivity index (χ2v) is 6.33. The predicted molar refractivity (Wildman–Crippen MR) is 112 cm³/mol. The van der Waals surface area contributed by atoms with Gasteiger partial charge in [0.1, 0.15) is 6.54 Å². The van der Waals surface area contributed by atoms with Gasteiger partial charge in [0.05, 0.1) is 13.1 Å². The number of nitrogens with two attached hydrogens (primary N) is 1. The SMILES string of the molecule is C=CCn1c(=O)n(CC=C)c(=O)n(CC(=O)N(CCC(N)=O)c2ccccc2)c1=O. The number of hydrogen-bond donors (Lipinski definition) is 1. The zero-order valence-electron chi connectivity index (χ0n) is 16.4. The minimum absolute atomic E-state index is 0.0277. The zero-order valence-corrected chi connectivity index (χ0v) is 16.4. The fraction of sp³-hybridized carbons (Fsp3) is 0.250. The van der Waals surface area contributed by atoms with Gasteiger partial charge < -0.3 is 10.6 Å². The van der Waals surface area contributed by atoms with E-state index in [0.717, 1.165) is 9.13 Å². The molecule has 10 heteroatoms. The molecule has 0 unspecified atom stereocenters. The van der Waals surface area contributed by atoms with Crippen LogP contribution in [0, 0.1) is 0 Å². The van der Waals surface area contributed by atoms with Crippen molar-refractivity contribution in [3.8, 4) is 0 Å². The van der Waals surface area contributed by atoms with Gasteiger partial charge in [0.25, 0.3) is 0 Å². The number of para-hydroxylation sites is 1. The number of primary amides is 1. The number of carbonyl (C=O) groups excluding carboxylic acids is 2. The minimum Gasteiger partial charge on any atom is -0.370 e. The number of hydrogen-bond acceptors (Lipinski definition) is 5. The molecule has 0 fully saturated rings. The summed E-state index contributed by atoms with van der Waals surface area (Å²) in [5, 5.41) is 0. The largest absolute Gasteiger partial charge is 0.370 e. The van der Waals surface area contributed by atoms with E-state index in [9.17, 15) is 24.0 Å². The lowest BCUT2D eigenvalue weighted by atomic mass is 10.2. The second kappa shape index (κ2) is 10.0. The molecule has 0 saturated carbocycles. The van der Waals surface area contributed by atoms with Crippen LogP contribution >= 0.6 is 0 Å². The number of aromatic nitrogens is 3. The fourth-order valence-corrected chi connectivity index (χ4v) is 2.84. The Balaban J connectivity index is 2.53. The second-order valence-electron chi connectivity index (χ2n) is 6.33. The molecule has 1 aromatic heterocycles. The number of allylic oxidation sites excluding steroid dienone is 2. The van der Waals surface area contributed by atoms with Crippen molar-refractivity contribution in [3.05, 3.63) is 87.1 Å². The van der Waals surface area contributed by atoms with Crippen molar-refractivity contribution in [3.63, 3.8) is 0 Å². The molecular formula is C20H23N5O5. The Bertz CT molecular complexity index is 1080. The minimum atomic E-state index is -0.929. The molecule has 0 radical (unpaired) electrons. The lowest BCUT2D eigenvalue weighted by molar-refractivity contribution is -0.119. The maximum absolute atomic E-state index is 13.0. The van der Waals surface area contributed by atoms with Gasteiger partial charge in [-0.25, -0.2) is 28.1 Å². The maximum Gasteiger partial charge on any atom is 0.337 e. The zero-order chi connectivity index (χ0) is 22.3. The van der Waals surface area contributed by atoms with Crippen LogP contribution in [0.2, 0.25) is 0 Å². The quantitative estimate of drug-likeness (QED) is 0.523. The molecule has 0 saturated heterocycles. The van der Waals surface area contributed by atoms with Crippen molar-refractivity contribution in [1.82, 2.24) is 13.7 Å². The summed E-state index contributed by atoms with van der Waals surface area (Å²) in [7, 11) is 0. The topological polar surface area (TPSA) is 129 Å². The van der Waals surface area contributed by atoms with Gasteiger partial charge in [0.15, 0.2) is 0 Å². The number of benzene rings is 1. The summed E-state index contributed by atoms with van der Waals surface area (Å²) in [4.78, 5) is 63.3. The van der Waals surface area contributed by atoms with Gasteiger partial charge in [-0.05, 0) is 12.1 Å². The van der Waals surface area contributed by atoms with Crippen LogP contribution in [0.4, 0.5) is 5.69 Å². The van der Waals surface area contributed by atoms with Gasteiger partial charge >= 0.3 is 17.1 Å². The summed E-state index contributed by atoms with van der Waals surface area (Å²) in [6, 6.07) is 8.46. The molecule has 0 spiro atoms. The van der Waals surface area contributed by atoms with E-state index in [0.29, 0.717) is 10.3 Å². The van der Waals surface area contributed by atoms with Gasteiger partial charge in [0.2, 0.25) is 11.8 Å². The summed E-state index contributed by atoms with van der Waals surface area (Å²) in [6.45, 7) is 6.09. The van der Waals surface area contributed by atoms with E-state index in [-0.39, 0.29) is 26.1 Å². The molecular weight excluding hydrogens is 390 g/mol. The van der Waals surface area contributed by atoms with Crippen LogP contribution in [-0.4, -0.2) is 32.1 Å². The number of rotatable bonds is 10. The summed E-state index contributed by atoms with van der Waals surface area (Å²) in [5.74, 6) is -1.22. The van der Waals surface area contributed by atoms with E-state index < -0.39 is 35.4 Å². The molecule has 0 atom stereocenters. The molecule has 0 aliphatic rings. The van der Waals surface area contributed by atoms with E-state index in [4.69, 9.17) is 5.73 Å². The van der Waals surface area contributed by atoms with Crippen LogP contribution in [0.15, 0.2) is 70.0 Å². The van der Waals surface area contributed by atoms with Crippen molar-refractivity contribution in [2.45, 2.75) is 26.1 Å². The molecule has 1 heterocycles. The number of amides is 2. The average molecular weight is 413 g/mol. The Kier molecular flexibility index (Phi) is 7.45. The lowest BCUT2D eigenvalue weighted by Crippen LogP contribution is -2.55. The molecule has 0 bridgehead atoms. The van der Waals surface area contributed by atoms with Gasteiger partial charge in [0, 0.05) is 18.7 Å². The number of carbonyl (C=O) groups is 2. The predicted octanol–water partition coefficient (Wildman–Crippen LogP) is -0.548. The fourth-order valence-electron chi connectivity index (χ4n) is 2.84. The van der Waals surface area contributed by atoms with Gasteiger partial charge in [-0.1, -0.05) is 30.4 Å². The van der Waals surface area contributed by atoms with Crippen molar-refractivity contribution in [1.29, 1.82) is 0 Å². The highest BCUT2D eigenvalue weighted by Gasteiger charge is 2.21. The van der Waals surface area contributed by atoms with Crippen molar-refractivity contribution in [2.24, 2.45) is 5.73 Å². The molecule has 2 N–H and O–H groups in total. The van der Waals surface area contributed by atoms with E-state index in [1.165, 1.54) is 17.1 Å². The summed E-state index contributed by atoms with van der Waals surface area (Å²) in [6.07, 6.45) is 2.56. The molecule has 30 heavy (non-hydrogen) atoms. The molecule has 0 aliphatic heterocycles. The molecule has 2 amide bonds. The van der Waals surface area contributed by atoms with Crippen molar-refractivity contribution >= 4 is 17.5 Å².